The van der Waals surface area contributed by atoms with Gasteiger partial charge in [0.25, 0.3) is 11.8 Å². The fourth-order valence-electron chi connectivity index (χ4n) is 2.43. The Bertz CT molecular complexity index is 1040. The van der Waals surface area contributed by atoms with Gasteiger partial charge in [0.1, 0.15) is 4.88 Å². The maximum absolute atomic E-state index is 12.3. The number of benzene rings is 2. The lowest BCUT2D eigenvalue weighted by atomic mass is 10.2. The highest BCUT2D eigenvalue weighted by Crippen LogP contribution is 2.32. The van der Waals surface area contributed by atoms with Crippen LogP contribution < -0.4 is 5.32 Å². The van der Waals surface area contributed by atoms with Gasteiger partial charge in [-0.15, -0.1) is 0 Å². The molecule has 1 amide bonds. The Morgan fingerprint density at radius 3 is 2.42 bits per heavy atom. The van der Waals surface area contributed by atoms with Crippen LogP contribution in [0.2, 0.25) is 0 Å². The molecule has 0 aliphatic heterocycles. The van der Waals surface area contributed by atoms with E-state index >= 15 is 0 Å². The van der Waals surface area contributed by atoms with E-state index in [-0.39, 0.29) is 5.91 Å². The molecule has 0 fully saturated rings. The van der Waals surface area contributed by atoms with Gasteiger partial charge in [-0.05, 0) is 19.1 Å². The molecule has 0 saturated heterocycles. The lowest BCUT2D eigenvalue weighted by Crippen LogP contribution is -2.11. The molecule has 2 aromatic carbocycles. The van der Waals surface area contributed by atoms with Crippen molar-refractivity contribution in [3.63, 3.8) is 0 Å². The van der Waals surface area contributed by atoms with Crippen molar-refractivity contribution in [2.24, 2.45) is 0 Å². The predicted molar refractivity (Wildman–Crippen MR) is 100.0 cm³/mol. The molecule has 0 aliphatic rings. The molecule has 0 saturated carbocycles. The molecule has 0 aliphatic carbocycles. The average molecular weight is 362 g/mol. The third-order valence-electron chi connectivity index (χ3n) is 3.71. The van der Waals surface area contributed by atoms with Gasteiger partial charge in [0.05, 0.1) is 5.69 Å². The van der Waals surface area contributed by atoms with Crippen molar-refractivity contribution in [3.8, 4) is 22.2 Å². The number of hydrogen-bond acceptors (Lipinski definition) is 6. The second kappa shape index (κ2) is 6.89. The van der Waals surface area contributed by atoms with Crippen LogP contribution in [-0.4, -0.2) is 21.0 Å². The van der Waals surface area contributed by atoms with E-state index in [1.165, 1.54) is 11.3 Å². The predicted octanol–water partition coefficient (Wildman–Crippen LogP) is 4.42. The largest absolute Gasteiger partial charge is 0.333 e. The number of thiazole rings is 1. The van der Waals surface area contributed by atoms with Gasteiger partial charge in [-0.25, -0.2) is 4.98 Å². The molecule has 0 spiro atoms. The molecule has 7 heteroatoms. The summed E-state index contributed by atoms with van der Waals surface area (Å²) in [5, 5.41) is 7.32. The maximum Gasteiger partial charge on any atom is 0.270 e. The molecular formula is C19H14N4O2S. The minimum absolute atomic E-state index is 0.207. The van der Waals surface area contributed by atoms with Crippen molar-refractivity contribution in [2.75, 3.05) is 5.32 Å². The molecule has 0 radical (unpaired) electrons. The van der Waals surface area contributed by atoms with Crippen LogP contribution in [0.4, 0.5) is 5.13 Å². The van der Waals surface area contributed by atoms with Gasteiger partial charge in [0.2, 0.25) is 5.82 Å². The van der Waals surface area contributed by atoms with Crippen LogP contribution in [0.1, 0.15) is 16.1 Å². The average Bonchev–Trinajstić information content (AvgIpc) is 3.30. The van der Waals surface area contributed by atoms with E-state index < -0.39 is 0 Å². The third kappa shape index (κ3) is 3.25. The Kier molecular flexibility index (Phi) is 4.28. The normalized spacial score (nSPS) is 10.7. The van der Waals surface area contributed by atoms with Gasteiger partial charge >= 0.3 is 0 Å². The zero-order chi connectivity index (χ0) is 17.9. The zero-order valence-corrected chi connectivity index (χ0v) is 14.7. The second-order valence-corrected chi connectivity index (χ2v) is 6.54. The summed E-state index contributed by atoms with van der Waals surface area (Å²) in [6, 6.07) is 18.6. The van der Waals surface area contributed by atoms with Crippen LogP contribution in [0.3, 0.4) is 0 Å². The molecule has 4 aromatic rings. The lowest BCUT2D eigenvalue weighted by Gasteiger charge is -2.00. The first-order chi connectivity index (χ1) is 12.7. The van der Waals surface area contributed by atoms with Crippen molar-refractivity contribution in [1.29, 1.82) is 0 Å². The fraction of sp³-hybridized carbons (Fsp3) is 0.0526. The quantitative estimate of drug-likeness (QED) is 0.581. The summed E-state index contributed by atoms with van der Waals surface area (Å²) in [6.45, 7) is 1.84. The van der Waals surface area contributed by atoms with Gasteiger partial charge in [-0.3, -0.25) is 10.1 Å². The second-order valence-electron chi connectivity index (χ2n) is 5.54. The number of aromatic nitrogens is 3. The van der Waals surface area contributed by atoms with E-state index in [1.54, 1.807) is 12.1 Å². The minimum atomic E-state index is -0.207. The van der Waals surface area contributed by atoms with Crippen LogP contribution >= 0.6 is 11.3 Å². The molecule has 128 valence electrons. The zero-order valence-electron chi connectivity index (χ0n) is 13.8. The maximum atomic E-state index is 12.3. The summed E-state index contributed by atoms with van der Waals surface area (Å²) in [5.41, 5.74) is 2.18. The number of carbonyl (C=O) groups is 1. The fourth-order valence-corrected chi connectivity index (χ4v) is 3.31. The number of rotatable bonds is 4. The van der Waals surface area contributed by atoms with Crippen LogP contribution in [0.5, 0.6) is 0 Å². The van der Waals surface area contributed by atoms with E-state index in [1.807, 2.05) is 55.5 Å². The highest BCUT2D eigenvalue weighted by Gasteiger charge is 2.18. The molecule has 26 heavy (non-hydrogen) atoms. The Morgan fingerprint density at radius 1 is 1.00 bits per heavy atom. The number of carbonyl (C=O) groups excluding carboxylic acids is 1. The van der Waals surface area contributed by atoms with E-state index in [4.69, 9.17) is 4.52 Å². The Morgan fingerprint density at radius 2 is 1.69 bits per heavy atom. The monoisotopic (exact) mass is 362 g/mol. The number of nitrogens with one attached hydrogen (secondary N) is 1. The smallest absolute Gasteiger partial charge is 0.270 e. The molecule has 2 heterocycles. The van der Waals surface area contributed by atoms with Gasteiger partial charge in [0.15, 0.2) is 5.13 Å². The van der Waals surface area contributed by atoms with Crippen molar-refractivity contribution >= 4 is 22.4 Å². The summed E-state index contributed by atoms with van der Waals surface area (Å²) in [5.74, 6) is 0.698. The van der Waals surface area contributed by atoms with Crippen LogP contribution in [0.25, 0.3) is 22.2 Å². The van der Waals surface area contributed by atoms with E-state index in [9.17, 15) is 4.79 Å². The van der Waals surface area contributed by atoms with Gasteiger partial charge in [-0.1, -0.05) is 65.0 Å². The molecule has 2 aromatic heterocycles. The molecule has 0 atom stereocenters. The van der Waals surface area contributed by atoms with E-state index in [0.717, 1.165) is 16.1 Å². The minimum Gasteiger partial charge on any atom is -0.333 e. The summed E-state index contributed by atoms with van der Waals surface area (Å²) < 4.78 is 5.39. The van der Waals surface area contributed by atoms with Crippen LogP contribution in [0, 0.1) is 6.92 Å². The summed E-state index contributed by atoms with van der Waals surface area (Å²) in [6.07, 6.45) is 0. The number of anilines is 1. The summed E-state index contributed by atoms with van der Waals surface area (Å²) in [4.78, 5) is 21.8. The van der Waals surface area contributed by atoms with Crippen molar-refractivity contribution in [3.05, 3.63) is 71.9 Å². The number of nitrogens with zero attached hydrogens (tertiary/aromatic N) is 3. The summed E-state index contributed by atoms with van der Waals surface area (Å²) >= 11 is 1.30. The standard InChI is InChI=1S/C19H14N4O2S/c1-12-15(18-21-16(23-25-18)13-8-4-2-5-9-13)26-19(20-12)22-17(24)14-10-6-3-7-11-14/h2-11H,1H3,(H,20,22,24). The first kappa shape index (κ1) is 16.2. The number of aryl methyl sites for hydroxylation is 1. The van der Waals surface area contributed by atoms with Crippen molar-refractivity contribution in [2.45, 2.75) is 6.92 Å². The molecule has 6 nitrogen and oxygen atoms in total. The van der Waals surface area contributed by atoms with Gasteiger partial charge in [0, 0.05) is 11.1 Å². The van der Waals surface area contributed by atoms with E-state index in [0.29, 0.717) is 22.4 Å². The van der Waals surface area contributed by atoms with Gasteiger partial charge < -0.3 is 4.52 Å². The van der Waals surface area contributed by atoms with Crippen molar-refractivity contribution < 1.29 is 9.32 Å². The summed E-state index contributed by atoms with van der Waals surface area (Å²) in [7, 11) is 0. The molecule has 0 bridgehead atoms. The SMILES string of the molecule is Cc1nc(NC(=O)c2ccccc2)sc1-c1nc(-c2ccccc2)no1. The van der Waals surface area contributed by atoms with Crippen LogP contribution in [-0.2, 0) is 0 Å². The van der Waals surface area contributed by atoms with Crippen molar-refractivity contribution in [1.82, 2.24) is 15.1 Å². The Balaban J connectivity index is 1.57. The van der Waals surface area contributed by atoms with Gasteiger partial charge in [-0.2, -0.15) is 4.98 Å². The number of amides is 1. The van der Waals surface area contributed by atoms with E-state index in [2.05, 4.69) is 20.4 Å². The third-order valence-corrected chi connectivity index (χ3v) is 4.77. The number of hydrogen-bond donors (Lipinski definition) is 1. The Labute approximate surface area is 153 Å². The molecule has 0 unspecified atom stereocenters. The Hall–Kier alpha value is -3.32. The molecule has 4 rings (SSSR count). The molecular weight excluding hydrogens is 348 g/mol. The highest BCUT2D eigenvalue weighted by molar-refractivity contribution is 7.19. The molecule has 1 N–H and O–H groups in total. The first-order valence-electron chi connectivity index (χ1n) is 7.94. The lowest BCUT2D eigenvalue weighted by molar-refractivity contribution is 0.102. The topological polar surface area (TPSA) is 80.9 Å². The highest BCUT2D eigenvalue weighted by atomic mass is 32.1. The van der Waals surface area contributed by atoms with Crippen LogP contribution in [0.15, 0.2) is 65.2 Å². The first-order valence-corrected chi connectivity index (χ1v) is 8.75.